The summed E-state index contributed by atoms with van der Waals surface area (Å²) < 4.78 is 4.68. The van der Waals surface area contributed by atoms with E-state index < -0.39 is 30.7 Å². The number of ether oxygens (including phenoxy) is 1. The van der Waals surface area contributed by atoms with Crippen LogP contribution in [0.5, 0.6) is 0 Å². The van der Waals surface area contributed by atoms with E-state index in [4.69, 9.17) is 20.4 Å². The lowest BCUT2D eigenvalue weighted by atomic mass is 10.0. The van der Waals surface area contributed by atoms with Gasteiger partial charge in [0.25, 0.3) is 0 Å². The van der Waals surface area contributed by atoms with Crippen LogP contribution in [-0.4, -0.2) is 51.1 Å². The smallest absolute Gasteiger partial charge is 0.183 e. The van der Waals surface area contributed by atoms with Gasteiger partial charge >= 0.3 is 0 Å². The van der Waals surface area contributed by atoms with E-state index in [1.54, 1.807) is 0 Å². The second-order valence-corrected chi connectivity index (χ2v) is 2.70. The van der Waals surface area contributed by atoms with Gasteiger partial charge in [-0.25, -0.2) is 0 Å². The first-order valence-electron chi connectivity index (χ1n) is 3.41. The Kier molecular flexibility index (Phi) is 2.46. The van der Waals surface area contributed by atoms with Crippen LogP contribution in [0.25, 0.3) is 0 Å². The standard InChI is InChI=1S/C6H12O5/c1-2-3(7)4(8)5(9)6(10)11-2/h2-10H,1H3/t2-,3?,4+,5+,6+/m0/s1. The van der Waals surface area contributed by atoms with E-state index in [0.717, 1.165) is 0 Å². The second-order valence-electron chi connectivity index (χ2n) is 2.70. The van der Waals surface area contributed by atoms with Gasteiger partial charge in [-0.15, -0.1) is 0 Å². The molecule has 0 amide bonds. The summed E-state index contributed by atoms with van der Waals surface area (Å²) >= 11 is 0. The second kappa shape index (κ2) is 3.04. The predicted molar refractivity (Wildman–Crippen MR) is 34.6 cm³/mol. The molecule has 0 saturated carbocycles. The van der Waals surface area contributed by atoms with Crippen molar-refractivity contribution in [1.29, 1.82) is 0 Å². The van der Waals surface area contributed by atoms with Crippen molar-refractivity contribution >= 4 is 0 Å². The molecular formula is C6H12O5. The molecule has 11 heavy (non-hydrogen) atoms. The van der Waals surface area contributed by atoms with E-state index >= 15 is 0 Å². The highest BCUT2D eigenvalue weighted by Crippen LogP contribution is 2.18. The Bertz CT molecular complexity index is 125. The van der Waals surface area contributed by atoms with Gasteiger partial charge in [-0.3, -0.25) is 0 Å². The summed E-state index contributed by atoms with van der Waals surface area (Å²) in [6.07, 6.45) is -5.99. The average Bonchev–Trinajstić information content (AvgIpc) is 1.97. The van der Waals surface area contributed by atoms with E-state index in [0.29, 0.717) is 0 Å². The Labute approximate surface area is 63.8 Å². The molecular weight excluding hydrogens is 152 g/mol. The molecule has 4 N–H and O–H groups in total. The maximum Gasteiger partial charge on any atom is 0.183 e. The Morgan fingerprint density at radius 3 is 2.00 bits per heavy atom. The zero-order valence-electron chi connectivity index (χ0n) is 6.08. The number of hydrogen-bond acceptors (Lipinski definition) is 5. The highest BCUT2D eigenvalue weighted by atomic mass is 16.6. The van der Waals surface area contributed by atoms with Gasteiger partial charge in [0.1, 0.15) is 18.3 Å². The molecule has 0 radical (unpaired) electrons. The molecule has 5 nitrogen and oxygen atoms in total. The summed E-state index contributed by atoms with van der Waals surface area (Å²) in [4.78, 5) is 0. The van der Waals surface area contributed by atoms with Gasteiger partial charge in [-0.05, 0) is 6.92 Å². The Hall–Kier alpha value is -0.200. The minimum Gasteiger partial charge on any atom is -0.388 e. The molecule has 0 aliphatic carbocycles. The zero-order chi connectivity index (χ0) is 8.59. The molecule has 0 aromatic rings. The Morgan fingerprint density at radius 2 is 1.45 bits per heavy atom. The van der Waals surface area contributed by atoms with Gasteiger partial charge in [0.15, 0.2) is 6.29 Å². The van der Waals surface area contributed by atoms with Crippen molar-refractivity contribution in [2.75, 3.05) is 0 Å². The minimum atomic E-state index is -1.43. The molecule has 1 unspecified atom stereocenters. The van der Waals surface area contributed by atoms with E-state index in [1.807, 2.05) is 0 Å². The highest BCUT2D eigenvalue weighted by molar-refractivity contribution is 4.86. The summed E-state index contributed by atoms with van der Waals surface area (Å²) in [5.74, 6) is 0. The number of rotatable bonds is 0. The summed E-state index contributed by atoms with van der Waals surface area (Å²) in [5.41, 5.74) is 0. The summed E-state index contributed by atoms with van der Waals surface area (Å²) in [6, 6.07) is 0. The van der Waals surface area contributed by atoms with E-state index in [2.05, 4.69) is 4.74 Å². The van der Waals surface area contributed by atoms with Crippen LogP contribution >= 0.6 is 0 Å². The van der Waals surface area contributed by atoms with Crippen LogP contribution in [-0.2, 0) is 4.74 Å². The van der Waals surface area contributed by atoms with Gasteiger partial charge in [0.2, 0.25) is 0 Å². The molecule has 5 atom stereocenters. The summed E-state index contributed by atoms with van der Waals surface area (Å²) in [7, 11) is 0. The van der Waals surface area contributed by atoms with Crippen molar-refractivity contribution in [2.24, 2.45) is 0 Å². The fraction of sp³-hybridized carbons (Fsp3) is 1.00. The van der Waals surface area contributed by atoms with Gasteiger partial charge in [-0.1, -0.05) is 0 Å². The highest BCUT2D eigenvalue weighted by Gasteiger charge is 2.40. The van der Waals surface area contributed by atoms with Crippen molar-refractivity contribution in [2.45, 2.75) is 37.6 Å². The largest absolute Gasteiger partial charge is 0.388 e. The van der Waals surface area contributed by atoms with Crippen LogP contribution in [0.3, 0.4) is 0 Å². The summed E-state index contributed by atoms with van der Waals surface area (Å²) in [5, 5.41) is 36.0. The molecule has 1 rings (SSSR count). The third-order valence-corrected chi connectivity index (χ3v) is 1.83. The normalized spacial score (nSPS) is 52.6. The fourth-order valence-electron chi connectivity index (χ4n) is 1.03. The molecule has 0 aromatic heterocycles. The Morgan fingerprint density at radius 1 is 0.909 bits per heavy atom. The third kappa shape index (κ3) is 1.52. The van der Waals surface area contributed by atoms with E-state index in [9.17, 15) is 0 Å². The SMILES string of the molecule is C[C@@H]1O[C@@H](O)[C@H](O)[C@H](O)C1O. The van der Waals surface area contributed by atoms with Crippen LogP contribution in [0, 0.1) is 0 Å². The molecule has 1 aliphatic heterocycles. The van der Waals surface area contributed by atoms with Crippen molar-refractivity contribution in [3.05, 3.63) is 0 Å². The van der Waals surface area contributed by atoms with Crippen LogP contribution in [0.2, 0.25) is 0 Å². The molecule has 1 aliphatic rings. The monoisotopic (exact) mass is 164 g/mol. The third-order valence-electron chi connectivity index (χ3n) is 1.83. The zero-order valence-corrected chi connectivity index (χ0v) is 6.08. The molecule has 5 heteroatoms. The molecule has 0 aromatic carbocycles. The predicted octanol–water partition coefficient (Wildman–Crippen LogP) is -2.19. The quantitative estimate of drug-likeness (QED) is 0.326. The molecule has 0 bridgehead atoms. The lowest BCUT2D eigenvalue weighted by Gasteiger charge is -2.36. The maximum absolute atomic E-state index is 9.09. The number of aliphatic hydroxyl groups excluding tert-OH is 4. The first-order valence-corrected chi connectivity index (χ1v) is 3.41. The Balaban J connectivity index is 2.63. The lowest BCUT2D eigenvalue weighted by molar-refractivity contribution is -0.277. The van der Waals surface area contributed by atoms with Gasteiger partial charge in [-0.2, -0.15) is 0 Å². The molecule has 1 heterocycles. The van der Waals surface area contributed by atoms with Gasteiger partial charge in [0, 0.05) is 0 Å². The van der Waals surface area contributed by atoms with Gasteiger partial charge in [0.05, 0.1) is 6.10 Å². The molecule has 1 saturated heterocycles. The van der Waals surface area contributed by atoms with E-state index in [-0.39, 0.29) is 0 Å². The summed E-state index contributed by atoms with van der Waals surface area (Å²) in [6.45, 7) is 1.50. The molecule has 66 valence electrons. The van der Waals surface area contributed by atoms with Crippen LogP contribution in [0.4, 0.5) is 0 Å². The van der Waals surface area contributed by atoms with Crippen LogP contribution < -0.4 is 0 Å². The van der Waals surface area contributed by atoms with Crippen molar-refractivity contribution in [3.63, 3.8) is 0 Å². The van der Waals surface area contributed by atoms with Crippen molar-refractivity contribution in [3.8, 4) is 0 Å². The first kappa shape index (κ1) is 8.89. The first-order chi connectivity index (χ1) is 5.04. The fourth-order valence-corrected chi connectivity index (χ4v) is 1.03. The maximum atomic E-state index is 9.09. The topological polar surface area (TPSA) is 90.2 Å². The van der Waals surface area contributed by atoms with Gasteiger partial charge < -0.3 is 25.2 Å². The van der Waals surface area contributed by atoms with Crippen LogP contribution in [0.15, 0.2) is 0 Å². The van der Waals surface area contributed by atoms with Crippen molar-refractivity contribution in [1.82, 2.24) is 0 Å². The van der Waals surface area contributed by atoms with Crippen LogP contribution in [0.1, 0.15) is 6.92 Å². The number of aliphatic hydroxyl groups is 4. The minimum absolute atomic E-state index is 0.664. The molecule has 1 fully saturated rings. The van der Waals surface area contributed by atoms with Crippen molar-refractivity contribution < 1.29 is 25.2 Å². The molecule has 0 spiro atoms. The lowest BCUT2D eigenvalue weighted by Crippen LogP contribution is -2.56. The number of hydrogen-bond donors (Lipinski definition) is 4. The van der Waals surface area contributed by atoms with E-state index in [1.165, 1.54) is 6.92 Å². The average molecular weight is 164 g/mol.